The number of carbonyl (C=O) groups is 1. The van der Waals surface area contributed by atoms with E-state index in [9.17, 15) is 28.9 Å². The number of fused-ring (bicyclic) bond motifs is 2. The SMILES string of the molecule is CC(C)(CO)c1cc2cc(CC(=O)C3(c4ccc5c(c4)OC(F)(F)O5)CC3)c(F)cc2n1C[C@H](O)CO. The molecule has 7 nitrogen and oxygen atoms in total. The van der Waals surface area contributed by atoms with Crippen LogP contribution in [-0.4, -0.2) is 51.3 Å². The first kappa shape index (κ1) is 25.6. The predicted molar refractivity (Wildman–Crippen MR) is 127 cm³/mol. The van der Waals surface area contributed by atoms with Gasteiger partial charge in [-0.15, -0.1) is 8.78 Å². The van der Waals surface area contributed by atoms with Gasteiger partial charge in [0.1, 0.15) is 11.6 Å². The summed E-state index contributed by atoms with van der Waals surface area (Å²) < 4.78 is 52.8. The zero-order chi connectivity index (χ0) is 26.8. The molecule has 1 aliphatic heterocycles. The van der Waals surface area contributed by atoms with Crippen molar-refractivity contribution in [3.8, 4) is 11.5 Å². The molecule has 3 aromatic rings. The lowest BCUT2D eigenvalue weighted by atomic mass is 9.87. The number of rotatable bonds is 9. The number of hydrogen-bond acceptors (Lipinski definition) is 6. The number of ether oxygens (including phenoxy) is 2. The van der Waals surface area contributed by atoms with Gasteiger partial charge in [-0.2, -0.15) is 0 Å². The van der Waals surface area contributed by atoms with E-state index < -0.39 is 35.7 Å². The molecule has 3 N–H and O–H groups in total. The van der Waals surface area contributed by atoms with Gasteiger partial charge in [0.2, 0.25) is 0 Å². The van der Waals surface area contributed by atoms with E-state index in [1.165, 1.54) is 18.2 Å². The van der Waals surface area contributed by atoms with E-state index in [2.05, 4.69) is 9.47 Å². The van der Waals surface area contributed by atoms with Gasteiger partial charge in [-0.3, -0.25) is 4.79 Å². The minimum absolute atomic E-state index is 0.00273. The van der Waals surface area contributed by atoms with Crippen molar-refractivity contribution in [3.63, 3.8) is 0 Å². The molecule has 37 heavy (non-hydrogen) atoms. The van der Waals surface area contributed by atoms with Crippen LogP contribution in [0.3, 0.4) is 0 Å². The van der Waals surface area contributed by atoms with E-state index >= 15 is 4.39 Å². The summed E-state index contributed by atoms with van der Waals surface area (Å²) in [5.74, 6) is -1.08. The minimum Gasteiger partial charge on any atom is -0.395 e. The highest BCUT2D eigenvalue weighted by molar-refractivity contribution is 5.95. The van der Waals surface area contributed by atoms with Crippen molar-refractivity contribution in [2.24, 2.45) is 0 Å². The second-order valence-electron chi connectivity index (χ2n) is 10.5. The van der Waals surface area contributed by atoms with Crippen molar-refractivity contribution in [2.75, 3.05) is 13.2 Å². The average molecular weight is 520 g/mol. The lowest BCUT2D eigenvalue weighted by Gasteiger charge is -2.25. The number of nitrogens with zero attached hydrogens (tertiary/aromatic N) is 1. The highest BCUT2D eigenvalue weighted by Gasteiger charge is 2.52. The van der Waals surface area contributed by atoms with Gasteiger partial charge in [-0.1, -0.05) is 19.9 Å². The number of ketones is 1. The smallest absolute Gasteiger partial charge is 0.395 e. The fourth-order valence-electron chi connectivity index (χ4n) is 5.02. The average Bonchev–Trinajstić information content (AvgIpc) is 3.50. The predicted octanol–water partition coefficient (Wildman–Crippen LogP) is 3.57. The van der Waals surface area contributed by atoms with E-state index in [0.29, 0.717) is 35.0 Å². The number of aliphatic hydroxyl groups is 3. The van der Waals surface area contributed by atoms with E-state index in [-0.39, 0.29) is 42.4 Å². The molecule has 198 valence electrons. The van der Waals surface area contributed by atoms with Gasteiger partial charge in [-0.05, 0) is 54.3 Å². The quantitative estimate of drug-likeness (QED) is 0.400. The van der Waals surface area contributed by atoms with Crippen LogP contribution in [0.4, 0.5) is 13.2 Å². The molecule has 1 aliphatic carbocycles. The summed E-state index contributed by atoms with van der Waals surface area (Å²) in [6.45, 7) is 2.94. The van der Waals surface area contributed by atoms with Gasteiger partial charge in [0.15, 0.2) is 11.5 Å². The first-order valence-corrected chi connectivity index (χ1v) is 12.0. The largest absolute Gasteiger partial charge is 0.586 e. The number of halogens is 3. The Labute approximate surface area is 211 Å². The van der Waals surface area contributed by atoms with Crippen LogP contribution in [0.15, 0.2) is 36.4 Å². The number of alkyl halides is 2. The molecule has 0 amide bonds. The van der Waals surface area contributed by atoms with Gasteiger partial charge in [0.25, 0.3) is 0 Å². The molecule has 0 saturated heterocycles. The molecule has 1 atom stereocenters. The zero-order valence-electron chi connectivity index (χ0n) is 20.4. The third kappa shape index (κ3) is 4.47. The number of aromatic nitrogens is 1. The van der Waals surface area contributed by atoms with Crippen molar-refractivity contribution >= 4 is 16.7 Å². The summed E-state index contributed by atoms with van der Waals surface area (Å²) in [6.07, 6.45) is -4.01. The van der Waals surface area contributed by atoms with E-state index in [1.807, 2.05) is 13.8 Å². The summed E-state index contributed by atoms with van der Waals surface area (Å²) in [5.41, 5.74) is 0.208. The number of Topliss-reactive ketones (excluding diaryl/α,β-unsaturated/α-hetero) is 1. The van der Waals surface area contributed by atoms with E-state index in [1.54, 1.807) is 22.8 Å². The second-order valence-corrected chi connectivity index (χ2v) is 10.5. The van der Waals surface area contributed by atoms with Gasteiger partial charge in [0, 0.05) is 22.9 Å². The highest BCUT2D eigenvalue weighted by atomic mass is 19.3. The lowest BCUT2D eigenvalue weighted by Crippen LogP contribution is -2.29. The Morgan fingerprint density at radius 1 is 1.11 bits per heavy atom. The van der Waals surface area contributed by atoms with Crippen molar-refractivity contribution in [2.45, 2.75) is 62.9 Å². The Morgan fingerprint density at radius 3 is 2.46 bits per heavy atom. The molecule has 2 heterocycles. The summed E-state index contributed by atoms with van der Waals surface area (Å²) in [7, 11) is 0. The zero-order valence-corrected chi connectivity index (χ0v) is 20.4. The third-order valence-corrected chi connectivity index (χ3v) is 7.35. The summed E-state index contributed by atoms with van der Waals surface area (Å²) >= 11 is 0. The molecular weight excluding hydrogens is 491 g/mol. The van der Waals surface area contributed by atoms with Crippen LogP contribution in [0.1, 0.15) is 43.5 Å². The van der Waals surface area contributed by atoms with Crippen LogP contribution >= 0.6 is 0 Å². The first-order chi connectivity index (χ1) is 17.4. The lowest BCUT2D eigenvalue weighted by molar-refractivity contribution is -0.286. The molecule has 0 bridgehead atoms. The number of hydrogen-bond donors (Lipinski definition) is 3. The van der Waals surface area contributed by atoms with Crippen LogP contribution < -0.4 is 9.47 Å². The van der Waals surface area contributed by atoms with Crippen molar-refractivity contribution in [1.29, 1.82) is 0 Å². The molecule has 2 aliphatic rings. The van der Waals surface area contributed by atoms with Crippen LogP contribution in [0.2, 0.25) is 0 Å². The molecule has 0 unspecified atom stereocenters. The van der Waals surface area contributed by atoms with Crippen LogP contribution in [0, 0.1) is 5.82 Å². The van der Waals surface area contributed by atoms with Crippen LogP contribution in [0.25, 0.3) is 10.9 Å². The molecule has 10 heteroatoms. The van der Waals surface area contributed by atoms with Gasteiger partial charge in [-0.25, -0.2) is 4.39 Å². The topological polar surface area (TPSA) is 101 Å². The van der Waals surface area contributed by atoms with E-state index in [0.717, 1.165) is 0 Å². The standard InChI is InChI=1S/C27H28F3NO6/c1-25(2,14-33)23-8-16-7-15(19(28)11-20(16)31(23)12-18(34)13-32)9-24(35)26(5-6-26)17-3-4-21-22(10-17)37-27(29,30)36-21/h3-4,7-8,10-11,18,32-34H,5-6,9,12-14H2,1-2H3/t18-/m0/s1. The van der Waals surface area contributed by atoms with Crippen LogP contribution in [0.5, 0.6) is 11.5 Å². The molecule has 1 aromatic heterocycles. The molecule has 0 spiro atoms. The Kier molecular flexibility index (Phi) is 6.04. The molecular formula is C27H28F3NO6. The van der Waals surface area contributed by atoms with Crippen molar-refractivity contribution < 1.29 is 42.8 Å². The van der Waals surface area contributed by atoms with E-state index in [4.69, 9.17) is 0 Å². The maximum absolute atomic E-state index is 15.3. The Bertz CT molecular complexity index is 1380. The molecule has 2 aromatic carbocycles. The molecule has 5 rings (SSSR count). The molecule has 0 radical (unpaired) electrons. The summed E-state index contributed by atoms with van der Waals surface area (Å²) in [5, 5.41) is 29.9. The first-order valence-electron chi connectivity index (χ1n) is 12.0. The van der Waals surface area contributed by atoms with Gasteiger partial charge in [0.05, 0.1) is 36.8 Å². The Morgan fingerprint density at radius 2 is 1.81 bits per heavy atom. The van der Waals surface area contributed by atoms with Gasteiger partial charge < -0.3 is 29.4 Å². The molecule has 1 saturated carbocycles. The fourth-order valence-corrected chi connectivity index (χ4v) is 5.02. The van der Waals surface area contributed by atoms with Crippen LogP contribution in [-0.2, 0) is 28.6 Å². The monoisotopic (exact) mass is 519 g/mol. The highest BCUT2D eigenvalue weighted by Crippen LogP contribution is 2.52. The summed E-state index contributed by atoms with van der Waals surface area (Å²) in [6, 6.07) is 8.95. The number of benzene rings is 2. The van der Waals surface area contributed by atoms with Gasteiger partial charge >= 0.3 is 6.29 Å². The van der Waals surface area contributed by atoms with Crippen molar-refractivity contribution in [1.82, 2.24) is 4.57 Å². The summed E-state index contributed by atoms with van der Waals surface area (Å²) in [4.78, 5) is 13.4. The number of aliphatic hydroxyl groups excluding tert-OH is 3. The second kappa shape index (κ2) is 8.75. The maximum atomic E-state index is 15.3. The normalized spacial score (nSPS) is 18.3. The third-order valence-electron chi connectivity index (χ3n) is 7.35. The maximum Gasteiger partial charge on any atom is 0.586 e. The fraction of sp³-hybridized carbons (Fsp3) is 0.444. The van der Waals surface area contributed by atoms with Crippen molar-refractivity contribution in [3.05, 3.63) is 59.0 Å². The Balaban J connectivity index is 1.46. The minimum atomic E-state index is -3.76. The Hall–Kier alpha value is -3.08. The molecule has 1 fully saturated rings. The number of carbonyl (C=O) groups excluding carboxylic acids is 1.